The number of likely N-dealkylation sites (tertiary alicyclic amines) is 1. The maximum absolute atomic E-state index is 12.9. The van der Waals surface area contributed by atoms with Crippen LogP contribution in [0.4, 0.5) is 0 Å². The molecule has 1 aliphatic carbocycles. The number of amides is 1. The summed E-state index contributed by atoms with van der Waals surface area (Å²) in [6.07, 6.45) is 6.29. The molecule has 2 fully saturated rings. The zero-order valence-corrected chi connectivity index (χ0v) is 13.9. The van der Waals surface area contributed by atoms with Crippen LogP contribution in [0.1, 0.15) is 74.0 Å². The highest BCUT2D eigenvalue weighted by molar-refractivity contribution is 5.95. The van der Waals surface area contributed by atoms with E-state index in [4.69, 9.17) is 0 Å². The van der Waals surface area contributed by atoms with Gasteiger partial charge in [0.2, 0.25) is 0 Å². The number of carboxylic acids is 1. The monoisotopic (exact) mass is 319 g/mol. The van der Waals surface area contributed by atoms with Crippen LogP contribution in [-0.4, -0.2) is 44.8 Å². The summed E-state index contributed by atoms with van der Waals surface area (Å²) >= 11 is 0. The van der Waals surface area contributed by atoms with Crippen molar-refractivity contribution in [1.29, 1.82) is 0 Å². The first kappa shape index (κ1) is 16.0. The van der Waals surface area contributed by atoms with E-state index in [0.717, 1.165) is 31.4 Å². The van der Waals surface area contributed by atoms with Gasteiger partial charge in [-0.2, -0.15) is 5.10 Å². The van der Waals surface area contributed by atoms with E-state index in [1.165, 1.54) is 0 Å². The molecule has 23 heavy (non-hydrogen) atoms. The van der Waals surface area contributed by atoms with Crippen molar-refractivity contribution in [2.75, 3.05) is 13.1 Å². The zero-order valence-electron chi connectivity index (χ0n) is 13.9. The molecule has 1 aromatic heterocycles. The molecule has 1 amide bonds. The van der Waals surface area contributed by atoms with Crippen LogP contribution >= 0.6 is 0 Å². The molecular weight excluding hydrogens is 294 g/mol. The largest absolute Gasteiger partial charge is 0.481 e. The third-order valence-electron chi connectivity index (χ3n) is 5.09. The van der Waals surface area contributed by atoms with Gasteiger partial charge in [-0.3, -0.25) is 14.3 Å². The third kappa shape index (κ3) is 3.12. The highest BCUT2D eigenvalue weighted by Crippen LogP contribution is 2.43. The molecule has 6 nitrogen and oxygen atoms in total. The van der Waals surface area contributed by atoms with E-state index >= 15 is 0 Å². The van der Waals surface area contributed by atoms with Crippen LogP contribution in [0.3, 0.4) is 0 Å². The minimum absolute atomic E-state index is 0.0487. The van der Waals surface area contributed by atoms with E-state index in [-0.39, 0.29) is 11.9 Å². The second-order valence-electron chi connectivity index (χ2n) is 6.85. The van der Waals surface area contributed by atoms with Gasteiger partial charge < -0.3 is 10.0 Å². The second-order valence-corrected chi connectivity index (χ2v) is 6.85. The average molecular weight is 319 g/mol. The van der Waals surface area contributed by atoms with Crippen LogP contribution < -0.4 is 0 Å². The van der Waals surface area contributed by atoms with Crippen LogP contribution in [0.25, 0.3) is 0 Å². The van der Waals surface area contributed by atoms with Gasteiger partial charge in [0.05, 0.1) is 23.4 Å². The number of hydrogen-bond acceptors (Lipinski definition) is 3. The van der Waals surface area contributed by atoms with E-state index < -0.39 is 11.9 Å². The Hall–Kier alpha value is -1.85. The molecule has 6 heteroatoms. The number of nitrogens with zero attached hydrogens (tertiary/aromatic N) is 3. The van der Waals surface area contributed by atoms with Gasteiger partial charge in [0.15, 0.2) is 0 Å². The topological polar surface area (TPSA) is 75.4 Å². The SMILES string of the molecule is CCC(C)n1ncc(C(=O)N2CCCC(C(=O)O)C2)c1C1CC1. The van der Waals surface area contributed by atoms with Crippen molar-refractivity contribution in [1.82, 2.24) is 14.7 Å². The molecule has 126 valence electrons. The first-order valence-electron chi connectivity index (χ1n) is 8.62. The van der Waals surface area contributed by atoms with Gasteiger partial charge in [-0.1, -0.05) is 6.92 Å². The number of carboxylic acid groups (broad SMARTS) is 1. The van der Waals surface area contributed by atoms with E-state index in [1.54, 1.807) is 11.1 Å². The number of carbonyl (C=O) groups excluding carboxylic acids is 1. The summed E-state index contributed by atoms with van der Waals surface area (Å²) in [4.78, 5) is 25.8. The third-order valence-corrected chi connectivity index (χ3v) is 5.09. The average Bonchev–Trinajstić information content (AvgIpc) is 3.31. The fourth-order valence-electron chi connectivity index (χ4n) is 3.36. The van der Waals surface area contributed by atoms with Gasteiger partial charge in [0.1, 0.15) is 0 Å². The van der Waals surface area contributed by atoms with Gasteiger partial charge in [-0.25, -0.2) is 0 Å². The van der Waals surface area contributed by atoms with Crippen molar-refractivity contribution in [2.24, 2.45) is 5.92 Å². The van der Waals surface area contributed by atoms with Gasteiger partial charge in [-0.05, 0) is 39.0 Å². The molecule has 1 saturated heterocycles. The quantitative estimate of drug-likeness (QED) is 0.905. The number of rotatable bonds is 5. The highest BCUT2D eigenvalue weighted by atomic mass is 16.4. The van der Waals surface area contributed by atoms with Crippen LogP contribution in [0, 0.1) is 5.92 Å². The van der Waals surface area contributed by atoms with Crippen LogP contribution in [-0.2, 0) is 4.79 Å². The lowest BCUT2D eigenvalue weighted by atomic mass is 9.97. The molecule has 1 aliphatic heterocycles. The first-order chi connectivity index (χ1) is 11.0. The molecular formula is C17H25N3O3. The summed E-state index contributed by atoms with van der Waals surface area (Å²) < 4.78 is 2.00. The summed E-state index contributed by atoms with van der Waals surface area (Å²) in [7, 11) is 0. The Morgan fingerprint density at radius 3 is 2.74 bits per heavy atom. The molecule has 0 bridgehead atoms. The van der Waals surface area contributed by atoms with Crippen LogP contribution in [0.2, 0.25) is 0 Å². The summed E-state index contributed by atoms with van der Waals surface area (Å²) in [6, 6.07) is 0.278. The Morgan fingerprint density at radius 2 is 2.13 bits per heavy atom. The van der Waals surface area contributed by atoms with Crippen molar-refractivity contribution in [3.05, 3.63) is 17.5 Å². The molecule has 2 atom stereocenters. The van der Waals surface area contributed by atoms with Crippen molar-refractivity contribution in [2.45, 2.75) is 57.9 Å². The Morgan fingerprint density at radius 1 is 1.39 bits per heavy atom. The fourth-order valence-corrected chi connectivity index (χ4v) is 3.36. The standard InChI is InChI=1S/C17H25N3O3/c1-3-11(2)20-15(12-6-7-12)14(9-18-20)16(21)19-8-4-5-13(10-19)17(22)23/h9,11-13H,3-8,10H2,1-2H3,(H,22,23). The van der Waals surface area contributed by atoms with Crippen molar-refractivity contribution >= 4 is 11.9 Å². The van der Waals surface area contributed by atoms with Gasteiger partial charge >= 0.3 is 5.97 Å². The number of aromatic nitrogens is 2. The highest BCUT2D eigenvalue weighted by Gasteiger charge is 2.36. The predicted molar refractivity (Wildman–Crippen MR) is 85.5 cm³/mol. The molecule has 1 aromatic rings. The fraction of sp³-hybridized carbons (Fsp3) is 0.706. The molecule has 0 spiro atoms. The van der Waals surface area contributed by atoms with E-state index in [2.05, 4.69) is 18.9 Å². The lowest BCUT2D eigenvalue weighted by Crippen LogP contribution is -2.42. The molecule has 2 heterocycles. The number of aliphatic carboxylic acids is 1. The van der Waals surface area contributed by atoms with Gasteiger partial charge in [0.25, 0.3) is 5.91 Å². The zero-order chi connectivity index (χ0) is 16.6. The predicted octanol–water partition coefficient (Wildman–Crippen LogP) is 2.67. The number of piperidine rings is 1. The van der Waals surface area contributed by atoms with Gasteiger partial charge in [0, 0.05) is 25.0 Å². The summed E-state index contributed by atoms with van der Waals surface area (Å²) in [5.74, 6) is -0.861. The Bertz CT molecular complexity index is 606. The second kappa shape index (κ2) is 6.34. The lowest BCUT2D eigenvalue weighted by Gasteiger charge is -2.30. The first-order valence-corrected chi connectivity index (χ1v) is 8.62. The van der Waals surface area contributed by atoms with Crippen molar-refractivity contribution < 1.29 is 14.7 Å². The molecule has 2 aliphatic rings. The summed E-state index contributed by atoms with van der Waals surface area (Å²) in [6.45, 7) is 5.19. The number of carbonyl (C=O) groups is 2. The van der Waals surface area contributed by atoms with E-state index in [1.807, 2.05) is 4.68 Å². The summed E-state index contributed by atoms with van der Waals surface area (Å²) in [5, 5.41) is 13.7. The van der Waals surface area contributed by atoms with Crippen molar-refractivity contribution in [3.63, 3.8) is 0 Å². The minimum Gasteiger partial charge on any atom is -0.481 e. The maximum atomic E-state index is 12.9. The normalized spacial score (nSPS) is 22.9. The minimum atomic E-state index is -0.805. The lowest BCUT2D eigenvalue weighted by molar-refractivity contribution is -0.143. The Balaban J connectivity index is 1.85. The Labute approximate surface area is 136 Å². The molecule has 2 unspecified atom stereocenters. The maximum Gasteiger partial charge on any atom is 0.308 e. The van der Waals surface area contributed by atoms with Crippen LogP contribution in [0.15, 0.2) is 6.20 Å². The molecule has 1 saturated carbocycles. The Kier molecular flexibility index (Phi) is 4.41. The van der Waals surface area contributed by atoms with Gasteiger partial charge in [-0.15, -0.1) is 0 Å². The summed E-state index contributed by atoms with van der Waals surface area (Å²) in [5.41, 5.74) is 1.74. The van der Waals surface area contributed by atoms with E-state index in [9.17, 15) is 14.7 Å². The molecule has 0 radical (unpaired) electrons. The molecule has 0 aromatic carbocycles. The van der Waals surface area contributed by atoms with Crippen LogP contribution in [0.5, 0.6) is 0 Å². The van der Waals surface area contributed by atoms with E-state index in [0.29, 0.717) is 31.0 Å². The van der Waals surface area contributed by atoms with Crippen molar-refractivity contribution in [3.8, 4) is 0 Å². The molecule has 1 N–H and O–H groups in total. The smallest absolute Gasteiger partial charge is 0.308 e. The number of hydrogen-bond donors (Lipinski definition) is 1. The molecule has 3 rings (SSSR count).